The summed E-state index contributed by atoms with van der Waals surface area (Å²) in [6.07, 6.45) is 7.99. The average molecular weight is 475 g/mol. The van der Waals surface area contributed by atoms with Crippen LogP contribution in [0.15, 0.2) is 18.2 Å². The van der Waals surface area contributed by atoms with Crippen molar-refractivity contribution < 1.29 is 29.6 Å². The van der Waals surface area contributed by atoms with E-state index in [0.29, 0.717) is 18.3 Å². The van der Waals surface area contributed by atoms with Crippen molar-refractivity contribution in [3.63, 3.8) is 0 Å². The minimum Gasteiger partial charge on any atom is -0.481 e. The highest BCUT2D eigenvalue weighted by Crippen LogP contribution is 2.47. The monoisotopic (exact) mass is 474 g/mol. The van der Waals surface area contributed by atoms with Gasteiger partial charge in [0, 0.05) is 6.42 Å². The zero-order chi connectivity index (χ0) is 24.7. The average Bonchev–Trinajstić information content (AvgIpc) is 3.08. The second-order valence-electron chi connectivity index (χ2n) is 10.5. The topological polar surface area (TPSA) is 104 Å². The summed E-state index contributed by atoms with van der Waals surface area (Å²) >= 11 is 0. The van der Waals surface area contributed by atoms with Crippen molar-refractivity contribution in [2.45, 2.75) is 109 Å². The number of rotatable bonds is 13. The third kappa shape index (κ3) is 7.29. The van der Waals surface area contributed by atoms with E-state index in [9.17, 15) is 19.8 Å². The van der Waals surface area contributed by atoms with Gasteiger partial charge in [-0.05, 0) is 86.3 Å². The van der Waals surface area contributed by atoms with Crippen LogP contribution in [0.5, 0.6) is 0 Å². The number of aliphatic carboxylic acids is 1. The molecule has 6 nitrogen and oxygen atoms in total. The van der Waals surface area contributed by atoms with E-state index in [-0.39, 0.29) is 36.9 Å². The maximum Gasteiger partial charge on any atom is 0.307 e. The van der Waals surface area contributed by atoms with E-state index in [1.165, 1.54) is 11.1 Å². The lowest BCUT2D eigenvalue weighted by molar-refractivity contribution is -0.151. The summed E-state index contributed by atoms with van der Waals surface area (Å²) in [6.45, 7) is 3.77. The lowest BCUT2D eigenvalue weighted by Gasteiger charge is -2.33. The summed E-state index contributed by atoms with van der Waals surface area (Å²) in [5, 5.41) is 30.0. The Kier molecular flexibility index (Phi) is 9.96. The summed E-state index contributed by atoms with van der Waals surface area (Å²) in [6, 6.07) is 6.29. The summed E-state index contributed by atoms with van der Waals surface area (Å²) < 4.78 is 5.23. The quantitative estimate of drug-likeness (QED) is 0.288. The Hall–Kier alpha value is -1.92. The number of carbonyl (C=O) groups excluding carboxylic acids is 1. The van der Waals surface area contributed by atoms with Crippen molar-refractivity contribution in [3.8, 4) is 0 Å². The molecule has 1 aromatic rings. The molecule has 1 aromatic carbocycles. The molecular weight excluding hydrogens is 432 g/mol. The van der Waals surface area contributed by atoms with E-state index in [0.717, 1.165) is 63.4 Å². The number of ether oxygens (including phenoxy) is 1. The number of carbonyl (C=O) groups is 2. The molecule has 1 fully saturated rings. The summed E-state index contributed by atoms with van der Waals surface area (Å²) in [5.74, 6) is -0.215. The first-order valence-electron chi connectivity index (χ1n) is 13.2. The molecule has 6 atom stereocenters. The molecule has 6 heteroatoms. The molecular formula is C28H42O6. The predicted molar refractivity (Wildman–Crippen MR) is 130 cm³/mol. The molecule has 0 heterocycles. The first-order chi connectivity index (χ1) is 16.3. The largest absolute Gasteiger partial charge is 0.481 e. The zero-order valence-corrected chi connectivity index (χ0v) is 20.7. The number of hydrogen-bond donors (Lipinski definition) is 3. The van der Waals surface area contributed by atoms with Gasteiger partial charge in [0.1, 0.15) is 6.10 Å². The van der Waals surface area contributed by atoms with Gasteiger partial charge in [0.25, 0.3) is 0 Å². The van der Waals surface area contributed by atoms with Crippen LogP contribution in [0.4, 0.5) is 0 Å². The normalized spacial score (nSPS) is 25.3. The number of carboxylic acid groups (broad SMARTS) is 1. The molecule has 0 aromatic heterocycles. The molecule has 2 aliphatic carbocycles. The molecule has 0 amide bonds. The Labute approximate surface area is 203 Å². The van der Waals surface area contributed by atoms with Gasteiger partial charge >= 0.3 is 11.9 Å². The van der Waals surface area contributed by atoms with Crippen LogP contribution in [0, 0.1) is 17.8 Å². The highest BCUT2D eigenvalue weighted by Gasteiger charge is 2.44. The summed E-state index contributed by atoms with van der Waals surface area (Å²) in [5.41, 5.74) is 3.78. The second kappa shape index (κ2) is 12.7. The molecule has 3 N–H and O–H groups in total. The van der Waals surface area contributed by atoms with Crippen LogP contribution in [0.2, 0.25) is 0 Å². The fraction of sp³-hybridized carbons (Fsp3) is 0.714. The van der Waals surface area contributed by atoms with Crippen molar-refractivity contribution in [1.82, 2.24) is 0 Å². The van der Waals surface area contributed by atoms with E-state index in [1.54, 1.807) is 6.92 Å². The van der Waals surface area contributed by atoms with Gasteiger partial charge in [-0.1, -0.05) is 44.4 Å². The second-order valence-corrected chi connectivity index (χ2v) is 10.5. The Morgan fingerprint density at radius 1 is 1.18 bits per heavy atom. The van der Waals surface area contributed by atoms with Gasteiger partial charge in [0.05, 0.1) is 18.6 Å². The van der Waals surface area contributed by atoms with Gasteiger partial charge in [-0.2, -0.15) is 0 Å². The number of carboxylic acids is 1. The highest BCUT2D eigenvalue weighted by atomic mass is 16.5. The Balaban J connectivity index is 1.57. The van der Waals surface area contributed by atoms with Crippen LogP contribution in [0.3, 0.4) is 0 Å². The highest BCUT2D eigenvalue weighted by molar-refractivity contribution is 5.71. The number of hydrogen-bond acceptors (Lipinski definition) is 5. The van der Waals surface area contributed by atoms with E-state index >= 15 is 0 Å². The molecule has 2 aliphatic rings. The summed E-state index contributed by atoms with van der Waals surface area (Å²) in [4.78, 5) is 23.0. The van der Waals surface area contributed by atoms with E-state index < -0.39 is 12.1 Å². The first-order valence-corrected chi connectivity index (χ1v) is 13.2. The number of unbranched alkanes of at least 4 members (excludes halogenated alkanes) is 2. The molecule has 3 unspecified atom stereocenters. The first kappa shape index (κ1) is 26.7. The Bertz CT molecular complexity index is 821. The van der Waals surface area contributed by atoms with E-state index in [4.69, 9.17) is 9.84 Å². The third-order valence-electron chi connectivity index (χ3n) is 7.85. The number of fused-ring (bicyclic) bond motifs is 2. The Morgan fingerprint density at radius 3 is 2.71 bits per heavy atom. The molecule has 190 valence electrons. The van der Waals surface area contributed by atoms with Gasteiger partial charge < -0.3 is 20.1 Å². The molecule has 3 rings (SSSR count). The van der Waals surface area contributed by atoms with Crippen LogP contribution in [0.25, 0.3) is 0 Å². The zero-order valence-electron chi connectivity index (χ0n) is 20.7. The van der Waals surface area contributed by atoms with Crippen molar-refractivity contribution in [2.24, 2.45) is 17.8 Å². The molecule has 0 radical (unpaired) electrons. The summed E-state index contributed by atoms with van der Waals surface area (Å²) in [7, 11) is 0. The van der Waals surface area contributed by atoms with Gasteiger partial charge in [-0.15, -0.1) is 0 Å². The van der Waals surface area contributed by atoms with Gasteiger partial charge in [0.2, 0.25) is 0 Å². The lowest BCUT2D eigenvalue weighted by Crippen LogP contribution is -2.28. The van der Waals surface area contributed by atoms with E-state index in [1.807, 2.05) is 6.07 Å². The maximum absolute atomic E-state index is 12.2. The lowest BCUT2D eigenvalue weighted by atomic mass is 9.72. The van der Waals surface area contributed by atoms with Gasteiger partial charge in [-0.25, -0.2) is 0 Å². The minimum absolute atomic E-state index is 0.186. The van der Waals surface area contributed by atoms with Crippen molar-refractivity contribution in [1.29, 1.82) is 0 Å². The minimum atomic E-state index is -0.977. The number of aliphatic hydroxyl groups is 2. The third-order valence-corrected chi connectivity index (χ3v) is 7.85. The predicted octanol–water partition coefficient (Wildman–Crippen LogP) is 4.46. The number of aryl methyl sites for hydroxylation is 1. The standard InChI is InChI=1S/C28H42O6/c1-3-4-5-9-22(29)11-12-23-25-15-20-8-6-7-19(24(20)16-21(25)17-26(23)30)10-13-28(33)34-18(2)14-27(31)32/h6-8,18,21-23,25-26,29-30H,3-5,9-17H2,1-2H3,(H,31,32)/t18?,21-,22-,23?,25?,26+/m0/s1. The number of benzene rings is 1. The molecule has 0 aliphatic heterocycles. The molecule has 0 saturated heterocycles. The Morgan fingerprint density at radius 2 is 1.97 bits per heavy atom. The fourth-order valence-corrected chi connectivity index (χ4v) is 6.11. The van der Waals surface area contributed by atoms with Crippen molar-refractivity contribution in [3.05, 3.63) is 34.9 Å². The van der Waals surface area contributed by atoms with Crippen LogP contribution in [-0.2, 0) is 33.6 Å². The van der Waals surface area contributed by atoms with E-state index in [2.05, 4.69) is 19.1 Å². The molecule has 0 bridgehead atoms. The van der Waals surface area contributed by atoms with Crippen molar-refractivity contribution >= 4 is 11.9 Å². The van der Waals surface area contributed by atoms with Crippen LogP contribution >= 0.6 is 0 Å². The number of esters is 1. The van der Waals surface area contributed by atoms with Crippen LogP contribution in [0.1, 0.15) is 88.3 Å². The SMILES string of the molecule is CCCCC[C@H](O)CCC1C2Cc3cccc(CCC(=O)OC(C)CC(=O)O)c3C[C@H]2C[C@H]1O. The van der Waals surface area contributed by atoms with Gasteiger partial charge in [0.15, 0.2) is 0 Å². The smallest absolute Gasteiger partial charge is 0.307 e. The van der Waals surface area contributed by atoms with Crippen LogP contribution < -0.4 is 0 Å². The van der Waals surface area contributed by atoms with Crippen molar-refractivity contribution in [2.75, 3.05) is 0 Å². The number of aliphatic hydroxyl groups excluding tert-OH is 2. The molecule has 0 spiro atoms. The maximum atomic E-state index is 12.2. The van der Waals surface area contributed by atoms with Crippen LogP contribution in [-0.4, -0.2) is 45.6 Å². The molecule has 34 heavy (non-hydrogen) atoms. The fourth-order valence-electron chi connectivity index (χ4n) is 6.11. The molecule has 1 saturated carbocycles. The van der Waals surface area contributed by atoms with Gasteiger partial charge in [-0.3, -0.25) is 9.59 Å².